The molecule has 1 aliphatic carbocycles. The maximum Gasteiger partial charge on any atom is 0.221 e. The van der Waals surface area contributed by atoms with Crippen molar-refractivity contribution in [1.29, 1.82) is 0 Å². The fraction of sp³-hybridized carbons (Fsp3) is 0.588. The first-order chi connectivity index (χ1) is 9.89. The highest BCUT2D eigenvalue weighted by molar-refractivity contribution is 5.90. The van der Waals surface area contributed by atoms with E-state index in [0.717, 1.165) is 5.69 Å². The molecule has 116 valence electrons. The fourth-order valence-corrected chi connectivity index (χ4v) is 3.13. The maximum atomic E-state index is 11.2. The van der Waals surface area contributed by atoms with Gasteiger partial charge in [0.1, 0.15) is 5.75 Å². The first-order valence-corrected chi connectivity index (χ1v) is 7.62. The van der Waals surface area contributed by atoms with Crippen molar-refractivity contribution in [2.75, 3.05) is 17.7 Å². The zero-order valence-electron chi connectivity index (χ0n) is 13.5. The van der Waals surface area contributed by atoms with Crippen LogP contribution in [0.4, 0.5) is 11.4 Å². The summed E-state index contributed by atoms with van der Waals surface area (Å²) in [6.07, 6.45) is 4.96. The van der Waals surface area contributed by atoms with Crippen LogP contribution in [0.5, 0.6) is 5.75 Å². The van der Waals surface area contributed by atoms with E-state index in [0.29, 0.717) is 22.9 Å². The van der Waals surface area contributed by atoms with Gasteiger partial charge in [0.15, 0.2) is 0 Å². The highest BCUT2D eigenvalue weighted by Crippen LogP contribution is 2.37. The molecule has 2 rings (SSSR count). The number of amides is 1. The molecule has 1 aromatic rings. The summed E-state index contributed by atoms with van der Waals surface area (Å²) >= 11 is 0. The van der Waals surface area contributed by atoms with Crippen LogP contribution in [0.25, 0.3) is 0 Å². The molecule has 0 aliphatic heterocycles. The normalized spacial score (nSPS) is 20.7. The van der Waals surface area contributed by atoms with Gasteiger partial charge in [0.25, 0.3) is 0 Å². The molecule has 0 radical (unpaired) electrons. The molecule has 4 nitrogen and oxygen atoms in total. The van der Waals surface area contributed by atoms with Gasteiger partial charge in [-0.2, -0.15) is 0 Å². The fourth-order valence-electron chi connectivity index (χ4n) is 3.13. The summed E-state index contributed by atoms with van der Waals surface area (Å²) in [7, 11) is 1.62. The Morgan fingerprint density at radius 2 is 2.14 bits per heavy atom. The lowest BCUT2D eigenvalue weighted by molar-refractivity contribution is -0.114. The van der Waals surface area contributed by atoms with Gasteiger partial charge < -0.3 is 15.4 Å². The molecular formula is C17H26N2O2. The minimum atomic E-state index is -0.0944. The Morgan fingerprint density at radius 1 is 1.38 bits per heavy atom. The first-order valence-electron chi connectivity index (χ1n) is 7.62. The molecule has 1 aliphatic rings. The molecule has 1 amide bonds. The van der Waals surface area contributed by atoms with E-state index in [-0.39, 0.29) is 5.91 Å². The Kier molecular flexibility index (Phi) is 4.76. The summed E-state index contributed by atoms with van der Waals surface area (Å²) in [5.74, 6) is 0.591. The van der Waals surface area contributed by atoms with E-state index in [1.807, 2.05) is 18.2 Å². The molecule has 0 spiro atoms. The third-order valence-corrected chi connectivity index (χ3v) is 4.09. The molecule has 1 fully saturated rings. The molecule has 0 heterocycles. The molecule has 4 heteroatoms. The Labute approximate surface area is 127 Å². The zero-order valence-corrected chi connectivity index (χ0v) is 13.5. The summed E-state index contributed by atoms with van der Waals surface area (Å²) in [6.45, 7) is 6.16. The van der Waals surface area contributed by atoms with Crippen LogP contribution < -0.4 is 15.4 Å². The van der Waals surface area contributed by atoms with Crippen molar-refractivity contribution in [3.8, 4) is 5.75 Å². The lowest BCUT2D eigenvalue weighted by Crippen LogP contribution is -2.31. The van der Waals surface area contributed by atoms with E-state index in [1.54, 1.807) is 7.11 Å². The average Bonchev–Trinajstić information content (AvgIpc) is 2.38. The van der Waals surface area contributed by atoms with E-state index in [9.17, 15) is 4.79 Å². The monoisotopic (exact) mass is 290 g/mol. The standard InChI is InChI=1S/C17H26N2O2/c1-12(20)18-15-8-7-13(10-16(15)21-4)19-14-6-5-9-17(2,3)11-14/h7-8,10,14,19H,5-6,9,11H2,1-4H3,(H,18,20). The second kappa shape index (κ2) is 6.37. The van der Waals surface area contributed by atoms with Gasteiger partial charge in [-0.1, -0.05) is 20.3 Å². The predicted molar refractivity (Wildman–Crippen MR) is 87.0 cm³/mol. The summed E-state index contributed by atoms with van der Waals surface area (Å²) in [5.41, 5.74) is 2.17. The van der Waals surface area contributed by atoms with Gasteiger partial charge in [-0.05, 0) is 36.8 Å². The number of ether oxygens (including phenoxy) is 1. The quantitative estimate of drug-likeness (QED) is 0.880. The van der Waals surface area contributed by atoms with Crippen LogP contribution in [-0.2, 0) is 4.79 Å². The van der Waals surface area contributed by atoms with E-state index in [4.69, 9.17) is 4.74 Å². The number of hydrogen-bond donors (Lipinski definition) is 2. The van der Waals surface area contributed by atoms with Gasteiger partial charge >= 0.3 is 0 Å². The topological polar surface area (TPSA) is 50.4 Å². The van der Waals surface area contributed by atoms with Gasteiger partial charge in [-0.15, -0.1) is 0 Å². The van der Waals surface area contributed by atoms with Crippen molar-refractivity contribution in [3.63, 3.8) is 0 Å². The first kappa shape index (κ1) is 15.7. The van der Waals surface area contributed by atoms with Crippen LogP contribution in [0, 0.1) is 5.41 Å². The SMILES string of the molecule is COc1cc(NC2CCCC(C)(C)C2)ccc1NC(C)=O. The highest BCUT2D eigenvalue weighted by atomic mass is 16.5. The molecule has 1 atom stereocenters. The molecule has 1 unspecified atom stereocenters. The maximum absolute atomic E-state index is 11.2. The van der Waals surface area contributed by atoms with Crippen LogP contribution in [0.1, 0.15) is 46.5 Å². The molecule has 1 aromatic carbocycles. The Balaban J connectivity index is 2.08. The second-order valence-electron chi connectivity index (χ2n) is 6.70. The van der Waals surface area contributed by atoms with Gasteiger partial charge in [0.05, 0.1) is 12.8 Å². The van der Waals surface area contributed by atoms with Gasteiger partial charge in [-0.3, -0.25) is 4.79 Å². The van der Waals surface area contributed by atoms with E-state index in [2.05, 4.69) is 24.5 Å². The number of nitrogens with one attached hydrogen (secondary N) is 2. The summed E-state index contributed by atoms with van der Waals surface area (Å²) in [4.78, 5) is 11.2. The number of hydrogen-bond acceptors (Lipinski definition) is 3. The van der Waals surface area contributed by atoms with Gasteiger partial charge in [0, 0.05) is 24.7 Å². The second-order valence-corrected chi connectivity index (χ2v) is 6.70. The summed E-state index contributed by atoms with van der Waals surface area (Å²) < 4.78 is 5.36. The Bertz CT molecular complexity index is 512. The largest absolute Gasteiger partial charge is 0.494 e. The van der Waals surface area contributed by atoms with Crippen molar-refractivity contribution in [2.24, 2.45) is 5.41 Å². The molecule has 1 saturated carbocycles. The van der Waals surface area contributed by atoms with Crippen LogP contribution in [-0.4, -0.2) is 19.1 Å². The third-order valence-electron chi connectivity index (χ3n) is 4.09. The minimum Gasteiger partial charge on any atom is -0.494 e. The van der Waals surface area contributed by atoms with Gasteiger partial charge in [0.2, 0.25) is 5.91 Å². The molecular weight excluding hydrogens is 264 g/mol. The molecule has 0 aromatic heterocycles. The molecule has 21 heavy (non-hydrogen) atoms. The van der Waals surface area contributed by atoms with E-state index >= 15 is 0 Å². The van der Waals surface area contributed by atoms with Crippen LogP contribution >= 0.6 is 0 Å². The van der Waals surface area contributed by atoms with Crippen molar-refractivity contribution < 1.29 is 9.53 Å². The predicted octanol–water partition coefficient (Wildman–Crippen LogP) is 4.03. The third kappa shape index (κ3) is 4.38. The lowest BCUT2D eigenvalue weighted by Gasteiger charge is -2.36. The number of carbonyl (C=O) groups is 1. The number of benzene rings is 1. The number of rotatable bonds is 4. The smallest absolute Gasteiger partial charge is 0.221 e. The minimum absolute atomic E-state index is 0.0944. The molecule has 0 saturated heterocycles. The Morgan fingerprint density at radius 3 is 2.76 bits per heavy atom. The lowest BCUT2D eigenvalue weighted by atomic mass is 9.75. The number of methoxy groups -OCH3 is 1. The number of carbonyl (C=O) groups excluding carboxylic acids is 1. The summed E-state index contributed by atoms with van der Waals surface area (Å²) in [5, 5.41) is 6.38. The zero-order chi connectivity index (χ0) is 15.5. The summed E-state index contributed by atoms with van der Waals surface area (Å²) in [6, 6.07) is 6.34. The number of anilines is 2. The molecule has 2 N–H and O–H groups in total. The van der Waals surface area contributed by atoms with Crippen molar-refractivity contribution in [2.45, 2.75) is 52.5 Å². The average molecular weight is 290 g/mol. The van der Waals surface area contributed by atoms with Crippen LogP contribution in [0.2, 0.25) is 0 Å². The highest BCUT2D eigenvalue weighted by Gasteiger charge is 2.27. The molecule has 0 bridgehead atoms. The van der Waals surface area contributed by atoms with Crippen molar-refractivity contribution in [1.82, 2.24) is 0 Å². The van der Waals surface area contributed by atoms with Crippen LogP contribution in [0.15, 0.2) is 18.2 Å². The van der Waals surface area contributed by atoms with Gasteiger partial charge in [-0.25, -0.2) is 0 Å². The Hall–Kier alpha value is -1.71. The van der Waals surface area contributed by atoms with E-state index in [1.165, 1.54) is 32.6 Å². The van der Waals surface area contributed by atoms with E-state index < -0.39 is 0 Å². The van der Waals surface area contributed by atoms with Crippen molar-refractivity contribution >= 4 is 17.3 Å². The van der Waals surface area contributed by atoms with Crippen molar-refractivity contribution in [3.05, 3.63) is 18.2 Å². The van der Waals surface area contributed by atoms with Crippen LogP contribution in [0.3, 0.4) is 0 Å².